The molecule has 7 heteroatoms. The number of nitrogens with zero attached hydrogens (tertiary/aromatic N) is 5. The molecule has 3 heterocycles. The fourth-order valence-corrected chi connectivity index (χ4v) is 3.99. The van der Waals surface area contributed by atoms with Crippen LogP contribution in [0.15, 0.2) is 10.9 Å². The minimum absolute atomic E-state index is 0.112. The van der Waals surface area contributed by atoms with Gasteiger partial charge in [-0.3, -0.25) is 0 Å². The summed E-state index contributed by atoms with van der Waals surface area (Å²) in [6.45, 7) is 8.05. The Morgan fingerprint density at radius 2 is 2.05 bits per heavy atom. The van der Waals surface area contributed by atoms with Crippen LogP contribution in [0.5, 0.6) is 0 Å². The van der Waals surface area contributed by atoms with Gasteiger partial charge in [-0.2, -0.15) is 5.10 Å². The number of anilines is 1. The molecule has 6 nitrogen and oxygen atoms in total. The Bertz CT molecular complexity index is 693. The van der Waals surface area contributed by atoms with Crippen molar-refractivity contribution < 1.29 is 5.11 Å². The average molecular weight is 368 g/mol. The van der Waals surface area contributed by atoms with Gasteiger partial charge in [-0.1, -0.05) is 20.8 Å². The van der Waals surface area contributed by atoms with Crippen LogP contribution in [0.25, 0.3) is 11.0 Å². The van der Waals surface area contributed by atoms with Crippen molar-refractivity contribution in [1.82, 2.24) is 19.7 Å². The van der Waals surface area contributed by atoms with Gasteiger partial charge in [0.25, 0.3) is 0 Å². The van der Waals surface area contributed by atoms with Crippen molar-refractivity contribution in [2.45, 2.75) is 33.3 Å². The molecule has 0 aliphatic carbocycles. The molecule has 22 heavy (non-hydrogen) atoms. The zero-order chi connectivity index (χ0) is 16.1. The second-order valence-electron chi connectivity index (χ2n) is 7.08. The zero-order valence-electron chi connectivity index (χ0n) is 13.4. The molecule has 2 atom stereocenters. The van der Waals surface area contributed by atoms with Crippen molar-refractivity contribution >= 4 is 32.8 Å². The lowest BCUT2D eigenvalue weighted by atomic mass is 9.73. The minimum Gasteiger partial charge on any atom is -0.391 e. The Labute approximate surface area is 138 Å². The molecule has 0 aromatic carbocycles. The Kier molecular flexibility index (Phi) is 3.89. The number of aromatic nitrogens is 4. The van der Waals surface area contributed by atoms with Crippen molar-refractivity contribution in [3.63, 3.8) is 0 Å². The van der Waals surface area contributed by atoms with E-state index in [0.29, 0.717) is 12.5 Å². The van der Waals surface area contributed by atoms with E-state index >= 15 is 0 Å². The van der Waals surface area contributed by atoms with Crippen LogP contribution in [0.3, 0.4) is 0 Å². The predicted molar refractivity (Wildman–Crippen MR) is 89.8 cm³/mol. The van der Waals surface area contributed by atoms with Crippen molar-refractivity contribution in [2.75, 3.05) is 18.0 Å². The molecule has 0 radical (unpaired) electrons. The molecule has 0 saturated carbocycles. The van der Waals surface area contributed by atoms with Crippen LogP contribution in [0.1, 0.15) is 27.2 Å². The number of rotatable bonds is 1. The summed E-state index contributed by atoms with van der Waals surface area (Å²) in [5.74, 6) is 1.15. The first-order valence-corrected chi connectivity index (χ1v) is 8.34. The van der Waals surface area contributed by atoms with Crippen LogP contribution >= 0.6 is 15.9 Å². The van der Waals surface area contributed by atoms with Crippen molar-refractivity contribution in [3.8, 4) is 0 Å². The molecular weight excluding hydrogens is 346 g/mol. The predicted octanol–water partition coefficient (Wildman–Crippen LogP) is 2.36. The van der Waals surface area contributed by atoms with Crippen LogP contribution in [-0.2, 0) is 7.05 Å². The van der Waals surface area contributed by atoms with Crippen LogP contribution in [0.4, 0.5) is 5.82 Å². The summed E-state index contributed by atoms with van der Waals surface area (Å²) in [5.41, 5.74) is 0.908. The van der Waals surface area contributed by atoms with Gasteiger partial charge < -0.3 is 10.0 Å². The average Bonchev–Trinajstić information content (AvgIpc) is 2.73. The number of hydrogen-bond donors (Lipinski definition) is 1. The van der Waals surface area contributed by atoms with Crippen molar-refractivity contribution in [2.24, 2.45) is 18.4 Å². The third-order valence-electron chi connectivity index (χ3n) is 4.55. The normalized spacial score (nSPS) is 23.3. The standard InChI is InChI=1S/C15H22BrN5O/c1-15(2,3)9-5-6-21(7-10(9)22)14-11-12(16)19-20(4)13(11)17-8-18-14/h8-10,22H,5-7H2,1-4H3/t9-,10+/m1/s1. The summed E-state index contributed by atoms with van der Waals surface area (Å²) >= 11 is 3.49. The lowest BCUT2D eigenvalue weighted by molar-refractivity contribution is 0.0292. The van der Waals surface area contributed by atoms with Crippen molar-refractivity contribution in [3.05, 3.63) is 10.9 Å². The third-order valence-corrected chi connectivity index (χ3v) is 5.11. The maximum atomic E-state index is 10.6. The first-order valence-electron chi connectivity index (χ1n) is 7.55. The second kappa shape index (κ2) is 5.45. The van der Waals surface area contributed by atoms with E-state index < -0.39 is 0 Å². The molecule has 120 valence electrons. The van der Waals surface area contributed by atoms with Gasteiger partial charge in [0.2, 0.25) is 0 Å². The van der Waals surface area contributed by atoms with E-state index in [2.05, 4.69) is 56.7 Å². The fraction of sp³-hybridized carbons (Fsp3) is 0.667. The second-order valence-corrected chi connectivity index (χ2v) is 7.84. The summed E-state index contributed by atoms with van der Waals surface area (Å²) in [7, 11) is 1.87. The Morgan fingerprint density at radius 1 is 1.32 bits per heavy atom. The smallest absolute Gasteiger partial charge is 0.164 e. The number of β-amino-alcohol motifs (C(OH)–C–C–N with tert-alkyl or cyclic N) is 1. The van der Waals surface area contributed by atoms with E-state index in [4.69, 9.17) is 0 Å². The summed E-state index contributed by atoms with van der Waals surface area (Å²) in [6.07, 6.45) is 2.16. The summed E-state index contributed by atoms with van der Waals surface area (Å²) in [6, 6.07) is 0. The number of piperidine rings is 1. The highest BCUT2D eigenvalue weighted by Gasteiger charge is 2.36. The SMILES string of the molecule is Cn1nc(Br)c2c(N3CC[C@@H](C(C)(C)C)[C@@H](O)C3)ncnc21. The third kappa shape index (κ3) is 2.60. The van der Waals surface area contributed by atoms with Crippen LogP contribution < -0.4 is 4.90 Å². The molecule has 1 N–H and O–H groups in total. The monoisotopic (exact) mass is 367 g/mol. The molecule has 0 bridgehead atoms. The molecule has 2 aromatic heterocycles. The molecule has 1 fully saturated rings. The van der Waals surface area contributed by atoms with Gasteiger partial charge in [0.1, 0.15) is 16.7 Å². The van der Waals surface area contributed by atoms with E-state index in [1.807, 2.05) is 7.05 Å². The highest BCUT2D eigenvalue weighted by molar-refractivity contribution is 9.10. The highest BCUT2D eigenvalue weighted by atomic mass is 79.9. The zero-order valence-corrected chi connectivity index (χ0v) is 15.0. The molecule has 2 aromatic rings. The maximum absolute atomic E-state index is 10.6. The fourth-order valence-electron chi connectivity index (χ4n) is 3.40. The summed E-state index contributed by atoms with van der Waals surface area (Å²) in [4.78, 5) is 10.9. The molecule has 0 spiro atoms. The lowest BCUT2D eigenvalue weighted by Crippen LogP contribution is -2.48. The van der Waals surface area contributed by atoms with Gasteiger partial charge in [0.15, 0.2) is 5.65 Å². The van der Waals surface area contributed by atoms with Gasteiger partial charge >= 0.3 is 0 Å². The van der Waals surface area contributed by atoms with Gasteiger partial charge in [0.05, 0.1) is 11.5 Å². The molecule has 0 amide bonds. The van der Waals surface area contributed by atoms with Gasteiger partial charge in [-0.15, -0.1) is 0 Å². The van der Waals surface area contributed by atoms with Crippen LogP contribution in [0, 0.1) is 11.3 Å². The largest absolute Gasteiger partial charge is 0.391 e. The Morgan fingerprint density at radius 3 is 2.68 bits per heavy atom. The Hall–Kier alpha value is -1.21. The number of aryl methyl sites for hydroxylation is 1. The van der Waals surface area contributed by atoms with Crippen LogP contribution in [-0.4, -0.2) is 44.0 Å². The topological polar surface area (TPSA) is 67.1 Å². The molecular formula is C15H22BrN5O. The molecule has 1 aliphatic rings. The van der Waals surface area contributed by atoms with E-state index in [0.717, 1.165) is 34.4 Å². The Balaban J connectivity index is 1.94. The molecule has 1 saturated heterocycles. The highest BCUT2D eigenvalue weighted by Crippen LogP contribution is 2.37. The first kappa shape index (κ1) is 15.7. The first-order chi connectivity index (χ1) is 10.3. The van der Waals surface area contributed by atoms with Gasteiger partial charge in [-0.05, 0) is 33.7 Å². The summed E-state index contributed by atoms with van der Waals surface area (Å²) in [5, 5.41) is 15.8. The number of aliphatic hydroxyl groups excluding tert-OH is 1. The molecule has 1 aliphatic heterocycles. The van der Waals surface area contributed by atoms with E-state index in [1.54, 1.807) is 11.0 Å². The van der Waals surface area contributed by atoms with Crippen molar-refractivity contribution in [1.29, 1.82) is 0 Å². The maximum Gasteiger partial charge on any atom is 0.164 e. The van der Waals surface area contributed by atoms with E-state index in [9.17, 15) is 5.11 Å². The minimum atomic E-state index is -0.353. The number of hydrogen-bond acceptors (Lipinski definition) is 5. The quantitative estimate of drug-likeness (QED) is 0.837. The molecule has 0 unspecified atom stereocenters. The number of aliphatic hydroxyl groups is 1. The van der Waals surface area contributed by atoms with Crippen LogP contribution in [0.2, 0.25) is 0 Å². The van der Waals surface area contributed by atoms with Gasteiger partial charge in [0, 0.05) is 20.1 Å². The van der Waals surface area contributed by atoms with Gasteiger partial charge in [-0.25, -0.2) is 14.6 Å². The lowest BCUT2D eigenvalue weighted by Gasteiger charge is -2.42. The number of fused-ring (bicyclic) bond motifs is 1. The van der Waals surface area contributed by atoms with E-state index in [-0.39, 0.29) is 11.5 Å². The van der Waals surface area contributed by atoms with E-state index in [1.165, 1.54) is 0 Å². The number of halogens is 1. The molecule has 3 rings (SSSR count). The summed E-state index contributed by atoms with van der Waals surface area (Å²) < 4.78 is 2.48.